The van der Waals surface area contributed by atoms with Crippen molar-refractivity contribution in [2.75, 3.05) is 0 Å². The van der Waals surface area contributed by atoms with Gasteiger partial charge in [0.05, 0.1) is 8.07 Å². The third-order valence-electron chi connectivity index (χ3n) is 6.84. The molecule has 0 aliphatic heterocycles. The van der Waals surface area contributed by atoms with Crippen molar-refractivity contribution in [3.8, 4) is 22.5 Å². The predicted octanol–water partition coefficient (Wildman–Crippen LogP) is 8.84. The molecule has 0 amide bonds. The fourth-order valence-electron chi connectivity index (χ4n) is 4.71. The molecule has 0 spiro atoms. The number of thiophene rings is 1. The Balaban J connectivity index is 0.000000240. The monoisotopic (exact) mass is 797 g/mol. The smallest absolute Gasteiger partial charge is 0.306 e. The summed E-state index contributed by atoms with van der Waals surface area (Å²) in [5.74, 6) is -1.05. The first kappa shape index (κ1) is 30.5. The number of pyridine rings is 2. The van der Waals surface area contributed by atoms with Gasteiger partial charge in [-0.05, 0) is 56.6 Å². The molecule has 227 valence electrons. The van der Waals surface area contributed by atoms with Crippen molar-refractivity contribution in [1.82, 2.24) is 9.97 Å². The third kappa shape index (κ3) is 7.57. The van der Waals surface area contributed by atoms with E-state index in [0.29, 0.717) is 22.2 Å². The Labute approximate surface area is 280 Å². The molecule has 6 rings (SSSR count). The zero-order chi connectivity index (χ0) is 32.4. The van der Waals surface area contributed by atoms with Crippen LogP contribution < -0.4 is 5.19 Å². The summed E-state index contributed by atoms with van der Waals surface area (Å²) in [6.45, 7) is 10.7. The quantitative estimate of drug-likeness (QED) is 0.0790. The molecule has 1 radical (unpaired) electrons. The van der Waals surface area contributed by atoms with Crippen molar-refractivity contribution in [3.05, 3.63) is 115 Å². The molecule has 0 saturated carbocycles. The van der Waals surface area contributed by atoms with Gasteiger partial charge in [-0.25, -0.2) is 5.26 Å². The topological polar surface area (TPSA) is 72.3 Å². The zero-order valence-corrected chi connectivity index (χ0v) is 29.3. The van der Waals surface area contributed by atoms with E-state index in [1.165, 1.54) is 22.6 Å². The molecule has 1 N–H and O–H groups in total. The molecule has 6 aromatic rings. The van der Waals surface area contributed by atoms with Crippen LogP contribution in [0.2, 0.25) is 19.6 Å². The summed E-state index contributed by atoms with van der Waals surface area (Å²) in [5, 5.41) is 11.8. The van der Waals surface area contributed by atoms with Crippen molar-refractivity contribution in [2.24, 2.45) is 5.92 Å². The number of benzene rings is 3. The van der Waals surface area contributed by atoms with E-state index in [4.69, 9.17) is 8.00 Å². The standard InChI is InChI=1S/C22H18NO3S.C14H16NSi.Ir/c1-13(2)11-14-9-10-23-18(12-14)15-7-8-17(22(24)26-25)20-16-5-3-4-6-19(16)27-21(15)20;1-16(2,3)13-9-10-14(15-11-13)12-7-5-4-6-8-12;/h3-6,8-10,12-13,25H,11H2,1-2H3;4-7,9-11H,1-3H3;/q2*-1;/i11D2;;. The Kier molecular flexibility index (Phi) is 10.1. The van der Waals surface area contributed by atoms with Crippen molar-refractivity contribution in [2.45, 2.75) is 39.9 Å². The van der Waals surface area contributed by atoms with Crippen molar-refractivity contribution in [3.63, 3.8) is 0 Å². The van der Waals surface area contributed by atoms with Gasteiger partial charge in [0, 0.05) is 39.9 Å². The first-order chi connectivity index (χ1) is 21.4. The molecule has 0 aliphatic carbocycles. The molecule has 8 heteroatoms. The average molecular weight is 797 g/mol. The summed E-state index contributed by atoms with van der Waals surface area (Å²) >= 11 is 1.49. The maximum absolute atomic E-state index is 12.1. The minimum absolute atomic E-state index is 0. The van der Waals surface area contributed by atoms with E-state index >= 15 is 0 Å². The summed E-state index contributed by atoms with van der Waals surface area (Å²) in [6, 6.07) is 31.1. The fourth-order valence-corrected chi connectivity index (χ4v) is 6.98. The van der Waals surface area contributed by atoms with Crippen molar-refractivity contribution < 1.29 is 37.8 Å². The van der Waals surface area contributed by atoms with Crippen LogP contribution in [0.15, 0.2) is 91.3 Å². The van der Waals surface area contributed by atoms with Crippen LogP contribution >= 0.6 is 11.3 Å². The molecule has 0 fully saturated rings. The van der Waals surface area contributed by atoms with Crippen LogP contribution in [-0.2, 0) is 31.4 Å². The van der Waals surface area contributed by atoms with Crippen LogP contribution in [0.1, 0.15) is 32.5 Å². The van der Waals surface area contributed by atoms with Gasteiger partial charge in [-0.15, -0.1) is 53.6 Å². The number of carbonyl (C=O) groups is 1. The van der Waals surface area contributed by atoms with Crippen LogP contribution in [0.5, 0.6) is 0 Å². The SMILES string of the molecule is C[Si](C)(C)c1ccc(-c2[c-]cccc2)nc1.[2H]C([2H])(c1ccnc(-c2[c-]cc(C(=O)OO)c3c2sc2ccccc23)c1)C(C)C.[Ir]. The molecular formula is C36H34IrN2O3SSi-2. The Morgan fingerprint density at radius 2 is 1.80 bits per heavy atom. The molecule has 3 aromatic heterocycles. The summed E-state index contributed by atoms with van der Waals surface area (Å²) in [4.78, 5) is 25.1. The Bertz CT molecular complexity index is 1960. The molecule has 0 bridgehead atoms. The van der Waals surface area contributed by atoms with E-state index in [1.54, 1.807) is 18.3 Å². The summed E-state index contributed by atoms with van der Waals surface area (Å²) in [5.41, 5.74) is 4.08. The van der Waals surface area contributed by atoms with Gasteiger partial charge in [-0.1, -0.05) is 80.8 Å². The van der Waals surface area contributed by atoms with Gasteiger partial charge >= 0.3 is 5.97 Å². The van der Waals surface area contributed by atoms with Crippen molar-refractivity contribution >= 4 is 50.7 Å². The van der Waals surface area contributed by atoms with E-state index in [1.807, 2.05) is 68.6 Å². The first-order valence-electron chi connectivity index (χ1n) is 15.0. The van der Waals surface area contributed by atoms with E-state index in [9.17, 15) is 4.79 Å². The number of hydrogen-bond donors (Lipinski definition) is 1. The van der Waals surface area contributed by atoms with Gasteiger partial charge in [0.2, 0.25) is 0 Å². The van der Waals surface area contributed by atoms with Gasteiger partial charge in [0.1, 0.15) is 0 Å². The Hall–Kier alpha value is -3.52. The maximum Gasteiger partial charge on any atom is 0.333 e. The van der Waals surface area contributed by atoms with E-state index < -0.39 is 20.4 Å². The predicted molar refractivity (Wildman–Crippen MR) is 179 cm³/mol. The molecule has 0 aliphatic rings. The van der Waals surface area contributed by atoms with Crippen LogP contribution in [0.4, 0.5) is 0 Å². The molecule has 0 unspecified atom stereocenters. The molecule has 3 heterocycles. The maximum atomic E-state index is 12.1. The second kappa shape index (κ2) is 14.5. The molecule has 44 heavy (non-hydrogen) atoms. The van der Waals surface area contributed by atoms with Crippen LogP contribution in [0, 0.1) is 18.1 Å². The van der Waals surface area contributed by atoms with E-state index in [2.05, 4.69) is 58.8 Å². The van der Waals surface area contributed by atoms with Gasteiger partial charge in [-0.3, -0.25) is 4.79 Å². The van der Waals surface area contributed by atoms with Crippen molar-refractivity contribution in [1.29, 1.82) is 0 Å². The number of carbonyl (C=O) groups excluding carboxylic acids is 1. The minimum Gasteiger partial charge on any atom is -0.306 e. The van der Waals surface area contributed by atoms with E-state index in [-0.39, 0.29) is 31.6 Å². The number of nitrogens with zero attached hydrogens (tertiary/aromatic N) is 2. The largest absolute Gasteiger partial charge is 0.333 e. The Morgan fingerprint density at radius 1 is 1.02 bits per heavy atom. The van der Waals surface area contributed by atoms with Gasteiger partial charge < -0.3 is 14.9 Å². The first-order valence-corrected chi connectivity index (χ1v) is 18.4. The van der Waals surface area contributed by atoms with Gasteiger partial charge in [-0.2, -0.15) is 11.3 Å². The molecule has 3 aromatic carbocycles. The zero-order valence-electron chi connectivity index (χ0n) is 27.1. The number of rotatable bonds is 6. The number of aromatic nitrogens is 2. The third-order valence-corrected chi connectivity index (χ3v) is 10.1. The molecular weight excluding hydrogens is 761 g/mol. The Morgan fingerprint density at radius 3 is 2.45 bits per heavy atom. The van der Waals surface area contributed by atoms with Crippen LogP contribution in [0.25, 0.3) is 42.7 Å². The molecule has 0 atom stereocenters. The summed E-state index contributed by atoms with van der Waals surface area (Å²) in [6.07, 6.45) is 2.10. The number of fused-ring (bicyclic) bond motifs is 3. The normalized spacial score (nSPS) is 12.2. The molecule has 5 nitrogen and oxygen atoms in total. The van der Waals surface area contributed by atoms with Crippen LogP contribution in [0.3, 0.4) is 0 Å². The van der Waals surface area contributed by atoms with Crippen LogP contribution in [-0.4, -0.2) is 29.3 Å². The second-order valence-corrected chi connectivity index (χ2v) is 17.6. The summed E-state index contributed by atoms with van der Waals surface area (Å²) < 4.78 is 18.5. The van der Waals surface area contributed by atoms with Gasteiger partial charge in [0.15, 0.2) is 0 Å². The van der Waals surface area contributed by atoms with E-state index in [0.717, 1.165) is 26.0 Å². The minimum atomic E-state index is -1.50. The summed E-state index contributed by atoms with van der Waals surface area (Å²) in [7, 11) is -1.23. The average Bonchev–Trinajstić information content (AvgIpc) is 3.44. The second-order valence-electron chi connectivity index (χ2n) is 11.4. The number of hydrogen-bond acceptors (Lipinski definition) is 6. The van der Waals surface area contributed by atoms with Gasteiger partial charge in [0.25, 0.3) is 0 Å². The fraction of sp³-hybridized carbons (Fsp3) is 0.194. The molecule has 0 saturated heterocycles.